The number of anilines is 2. The molecule has 1 aromatic rings. The van der Waals surface area contributed by atoms with Crippen LogP contribution < -0.4 is 10.6 Å². The van der Waals surface area contributed by atoms with E-state index < -0.39 is 11.7 Å². The molecule has 0 saturated carbocycles. The van der Waals surface area contributed by atoms with E-state index in [-0.39, 0.29) is 17.5 Å². The van der Waals surface area contributed by atoms with Gasteiger partial charge in [0.25, 0.3) is 0 Å². The van der Waals surface area contributed by atoms with Gasteiger partial charge in [-0.2, -0.15) is 0 Å². The van der Waals surface area contributed by atoms with Crippen molar-refractivity contribution in [1.82, 2.24) is 0 Å². The molecular weight excluding hydrogens is 275 g/mol. The van der Waals surface area contributed by atoms with E-state index in [1.54, 1.807) is 0 Å². The maximum absolute atomic E-state index is 13.6. The molecule has 1 saturated heterocycles. The largest absolute Gasteiger partial charge is 0.381 e. The summed E-state index contributed by atoms with van der Waals surface area (Å²) in [6.45, 7) is 4.37. The zero-order valence-electron chi connectivity index (χ0n) is 11.5. The summed E-state index contributed by atoms with van der Waals surface area (Å²) in [5.74, 6) is -1.46. The lowest BCUT2D eigenvalue weighted by Crippen LogP contribution is -2.30. The van der Waals surface area contributed by atoms with Crippen LogP contribution in [0.3, 0.4) is 0 Å². The molecule has 1 unspecified atom stereocenters. The van der Waals surface area contributed by atoms with Gasteiger partial charge in [-0.25, -0.2) is 4.39 Å². The molecule has 0 bridgehead atoms. The Bertz CT molecular complexity index is 554. The van der Waals surface area contributed by atoms with E-state index in [9.17, 15) is 14.0 Å². The van der Waals surface area contributed by atoms with E-state index >= 15 is 0 Å². The fraction of sp³-hybridized carbons (Fsp3) is 0.333. The van der Waals surface area contributed by atoms with Gasteiger partial charge in [0.05, 0.1) is 18.2 Å². The number of amides is 2. The van der Waals surface area contributed by atoms with E-state index in [1.165, 1.54) is 18.2 Å². The first-order chi connectivity index (χ1) is 10.1. The fourth-order valence-electron chi connectivity index (χ4n) is 2.07. The first-order valence-corrected chi connectivity index (χ1v) is 6.71. The molecule has 1 aliphatic heterocycles. The van der Waals surface area contributed by atoms with Crippen LogP contribution >= 0.6 is 0 Å². The molecule has 1 heterocycles. The molecule has 0 aliphatic carbocycles. The van der Waals surface area contributed by atoms with Crippen LogP contribution in [0, 0.1) is 11.7 Å². The zero-order valence-corrected chi connectivity index (χ0v) is 11.5. The Labute approximate surface area is 122 Å². The first-order valence-electron chi connectivity index (χ1n) is 6.71. The molecule has 0 spiro atoms. The minimum atomic E-state index is -0.579. The predicted molar refractivity (Wildman–Crippen MR) is 77.4 cm³/mol. The minimum Gasteiger partial charge on any atom is -0.381 e. The molecule has 0 radical (unpaired) electrons. The van der Waals surface area contributed by atoms with Crippen molar-refractivity contribution in [2.24, 2.45) is 5.92 Å². The number of carbonyl (C=O) groups is 2. The van der Waals surface area contributed by atoms with Gasteiger partial charge in [-0.3, -0.25) is 9.59 Å². The molecule has 2 rings (SSSR count). The summed E-state index contributed by atoms with van der Waals surface area (Å²) >= 11 is 0. The smallest absolute Gasteiger partial charge is 0.247 e. The molecule has 112 valence electrons. The average molecular weight is 292 g/mol. The van der Waals surface area contributed by atoms with Gasteiger partial charge in [0.15, 0.2) is 0 Å². The van der Waals surface area contributed by atoms with Crippen LogP contribution in [0.15, 0.2) is 30.9 Å². The van der Waals surface area contributed by atoms with Crippen molar-refractivity contribution in [3.63, 3.8) is 0 Å². The molecule has 5 nitrogen and oxygen atoms in total. The maximum atomic E-state index is 13.6. The van der Waals surface area contributed by atoms with Gasteiger partial charge >= 0.3 is 0 Å². The van der Waals surface area contributed by atoms with Crippen LogP contribution in [-0.2, 0) is 14.3 Å². The van der Waals surface area contributed by atoms with Crippen LogP contribution in [0.1, 0.15) is 12.8 Å². The first kappa shape index (κ1) is 15.2. The van der Waals surface area contributed by atoms with Crippen molar-refractivity contribution < 1.29 is 18.7 Å². The highest BCUT2D eigenvalue weighted by molar-refractivity contribution is 6.00. The van der Waals surface area contributed by atoms with Crippen molar-refractivity contribution in [1.29, 1.82) is 0 Å². The monoisotopic (exact) mass is 292 g/mol. The van der Waals surface area contributed by atoms with E-state index in [4.69, 9.17) is 4.74 Å². The Morgan fingerprint density at radius 2 is 2.19 bits per heavy atom. The van der Waals surface area contributed by atoms with Gasteiger partial charge in [-0.1, -0.05) is 6.58 Å². The second kappa shape index (κ2) is 6.99. The molecular formula is C15H17FN2O3. The van der Waals surface area contributed by atoms with E-state index in [2.05, 4.69) is 17.2 Å². The van der Waals surface area contributed by atoms with Crippen LogP contribution in [-0.4, -0.2) is 25.0 Å². The van der Waals surface area contributed by atoms with Crippen molar-refractivity contribution >= 4 is 23.2 Å². The highest BCUT2D eigenvalue weighted by Crippen LogP contribution is 2.21. The quantitative estimate of drug-likeness (QED) is 0.837. The summed E-state index contributed by atoms with van der Waals surface area (Å²) in [5.41, 5.74) is 0.420. The second-order valence-corrected chi connectivity index (χ2v) is 4.79. The summed E-state index contributed by atoms with van der Waals surface area (Å²) in [7, 11) is 0. The van der Waals surface area contributed by atoms with Gasteiger partial charge in [0, 0.05) is 12.3 Å². The van der Waals surface area contributed by atoms with E-state index in [0.717, 1.165) is 18.9 Å². The Balaban J connectivity index is 2.05. The standard InChI is InChI=1S/C15H17FN2O3/c1-2-14(19)18-13-8-11(5-6-12(13)16)17-15(20)10-4-3-7-21-9-10/h2,5-6,8,10H,1,3-4,7,9H2,(H,17,20)(H,18,19). The van der Waals surface area contributed by atoms with E-state index in [1.807, 2.05) is 0 Å². The molecule has 6 heteroatoms. The van der Waals surface area contributed by atoms with Crippen LogP contribution in [0.2, 0.25) is 0 Å². The molecule has 2 amide bonds. The number of hydrogen-bond acceptors (Lipinski definition) is 3. The third kappa shape index (κ3) is 4.13. The number of nitrogens with one attached hydrogen (secondary N) is 2. The normalized spacial score (nSPS) is 17.9. The number of hydrogen-bond donors (Lipinski definition) is 2. The predicted octanol–water partition coefficient (Wildman–Crippen LogP) is 2.32. The Hall–Kier alpha value is -2.21. The Kier molecular flexibility index (Phi) is 5.05. The van der Waals surface area contributed by atoms with Gasteiger partial charge in [-0.05, 0) is 37.1 Å². The number of ether oxygens (including phenoxy) is 1. The average Bonchev–Trinajstić information content (AvgIpc) is 2.51. The number of carbonyl (C=O) groups excluding carboxylic acids is 2. The van der Waals surface area contributed by atoms with E-state index in [0.29, 0.717) is 18.9 Å². The SMILES string of the molecule is C=CC(=O)Nc1cc(NC(=O)C2CCCOC2)ccc1F. The van der Waals surface area contributed by atoms with Gasteiger partial charge in [-0.15, -0.1) is 0 Å². The van der Waals surface area contributed by atoms with Crippen molar-refractivity contribution in [3.05, 3.63) is 36.7 Å². The van der Waals surface area contributed by atoms with Crippen molar-refractivity contribution in [3.8, 4) is 0 Å². The fourth-order valence-corrected chi connectivity index (χ4v) is 2.07. The summed E-state index contributed by atoms with van der Waals surface area (Å²) in [6.07, 6.45) is 2.67. The van der Waals surface area contributed by atoms with Gasteiger partial charge in [0.2, 0.25) is 11.8 Å². The summed E-state index contributed by atoms with van der Waals surface area (Å²) in [5, 5.41) is 5.05. The van der Waals surface area contributed by atoms with Crippen LogP contribution in [0.4, 0.5) is 15.8 Å². The lowest BCUT2D eigenvalue weighted by atomic mass is 10.0. The zero-order chi connectivity index (χ0) is 15.2. The Morgan fingerprint density at radius 1 is 1.38 bits per heavy atom. The van der Waals surface area contributed by atoms with Crippen molar-refractivity contribution in [2.45, 2.75) is 12.8 Å². The summed E-state index contributed by atoms with van der Waals surface area (Å²) in [4.78, 5) is 23.3. The van der Waals surface area contributed by atoms with Crippen LogP contribution in [0.25, 0.3) is 0 Å². The molecule has 1 aromatic carbocycles. The number of benzene rings is 1. The van der Waals surface area contributed by atoms with Gasteiger partial charge in [0.1, 0.15) is 5.82 Å². The lowest BCUT2D eigenvalue weighted by Gasteiger charge is -2.21. The Morgan fingerprint density at radius 3 is 2.86 bits per heavy atom. The molecule has 2 N–H and O–H groups in total. The van der Waals surface area contributed by atoms with Crippen LogP contribution in [0.5, 0.6) is 0 Å². The molecule has 1 aliphatic rings. The highest BCUT2D eigenvalue weighted by Gasteiger charge is 2.22. The molecule has 1 fully saturated rings. The summed E-state index contributed by atoms with van der Waals surface area (Å²) in [6, 6.07) is 4.00. The molecule has 21 heavy (non-hydrogen) atoms. The third-order valence-electron chi connectivity index (χ3n) is 3.21. The summed E-state index contributed by atoms with van der Waals surface area (Å²) < 4.78 is 18.8. The molecule has 1 atom stereocenters. The topological polar surface area (TPSA) is 67.4 Å². The number of halogens is 1. The second-order valence-electron chi connectivity index (χ2n) is 4.79. The van der Waals surface area contributed by atoms with Crippen molar-refractivity contribution in [2.75, 3.05) is 23.8 Å². The lowest BCUT2D eigenvalue weighted by molar-refractivity contribution is -0.123. The minimum absolute atomic E-state index is 0.00223. The maximum Gasteiger partial charge on any atom is 0.247 e. The number of rotatable bonds is 4. The highest BCUT2D eigenvalue weighted by atomic mass is 19.1. The van der Waals surface area contributed by atoms with Gasteiger partial charge < -0.3 is 15.4 Å². The molecule has 0 aromatic heterocycles. The third-order valence-corrected chi connectivity index (χ3v) is 3.21.